The van der Waals surface area contributed by atoms with E-state index < -0.39 is 0 Å². The van der Waals surface area contributed by atoms with Crippen LogP contribution in [0, 0.1) is 0 Å². The monoisotopic (exact) mass is 361 g/mol. The molecule has 0 aliphatic carbocycles. The molecule has 0 bridgehead atoms. The van der Waals surface area contributed by atoms with Crippen LogP contribution in [0.4, 0.5) is 0 Å². The van der Waals surface area contributed by atoms with Gasteiger partial charge in [0.25, 0.3) is 11.9 Å². The van der Waals surface area contributed by atoms with Crippen LogP contribution in [0.25, 0.3) is 5.95 Å². The fraction of sp³-hybridized carbons (Fsp3) is 0.176. The molecule has 1 aliphatic heterocycles. The molecular weight excluding hydrogens is 346 g/mol. The van der Waals surface area contributed by atoms with Crippen molar-refractivity contribution in [3.05, 3.63) is 72.1 Å². The largest absolute Gasteiger partial charge is 0.347 e. The first-order valence-corrected chi connectivity index (χ1v) is 8.43. The first-order chi connectivity index (χ1) is 13.3. The van der Waals surface area contributed by atoms with Crippen LogP contribution in [0.3, 0.4) is 0 Å². The molecule has 10 nitrogen and oxygen atoms in total. The molecule has 0 saturated heterocycles. The average Bonchev–Trinajstić information content (AvgIpc) is 3.48. The minimum Gasteiger partial charge on any atom is -0.347 e. The Bertz CT molecular complexity index is 1070. The number of rotatable bonds is 3. The Morgan fingerprint density at radius 1 is 1.15 bits per heavy atom. The summed E-state index contributed by atoms with van der Waals surface area (Å²) < 4.78 is 1.53. The molecule has 0 saturated carbocycles. The van der Waals surface area contributed by atoms with Gasteiger partial charge in [-0.25, -0.2) is 4.98 Å². The molecule has 1 atom stereocenters. The van der Waals surface area contributed by atoms with E-state index in [0.29, 0.717) is 19.0 Å². The molecule has 5 rings (SSSR count). The first-order valence-electron chi connectivity index (χ1n) is 8.43. The maximum Gasteiger partial charge on any atom is 0.291 e. The lowest BCUT2D eigenvalue weighted by Crippen LogP contribution is -2.39. The van der Waals surface area contributed by atoms with E-state index in [1.807, 2.05) is 18.2 Å². The topological polar surface area (TPSA) is 121 Å². The van der Waals surface area contributed by atoms with E-state index in [9.17, 15) is 4.79 Å². The van der Waals surface area contributed by atoms with Crippen LogP contribution in [0.15, 0.2) is 49.3 Å². The first kappa shape index (κ1) is 15.4. The number of fused-ring (bicyclic) bond motifs is 1. The second kappa shape index (κ2) is 6.16. The van der Waals surface area contributed by atoms with Crippen molar-refractivity contribution in [3.63, 3.8) is 0 Å². The highest BCUT2D eigenvalue weighted by Gasteiger charge is 2.32. The number of amides is 1. The molecular formula is C17H15N9O. The second-order valence-corrected chi connectivity index (χ2v) is 6.27. The number of imidazole rings is 1. The number of benzene rings is 1. The molecule has 2 N–H and O–H groups in total. The number of H-pyrrole nitrogens is 2. The van der Waals surface area contributed by atoms with Gasteiger partial charge < -0.3 is 9.88 Å². The van der Waals surface area contributed by atoms with E-state index in [-0.39, 0.29) is 17.6 Å². The number of hydrogen-bond acceptors (Lipinski definition) is 6. The van der Waals surface area contributed by atoms with E-state index in [0.717, 1.165) is 17.0 Å². The van der Waals surface area contributed by atoms with E-state index in [1.54, 1.807) is 11.2 Å². The van der Waals surface area contributed by atoms with Gasteiger partial charge in [-0.05, 0) is 5.56 Å². The molecule has 10 heteroatoms. The fourth-order valence-electron chi connectivity index (χ4n) is 3.34. The van der Waals surface area contributed by atoms with Gasteiger partial charge in [0.15, 0.2) is 0 Å². The third-order valence-electron chi connectivity index (χ3n) is 4.65. The Morgan fingerprint density at radius 2 is 1.96 bits per heavy atom. The van der Waals surface area contributed by atoms with Crippen LogP contribution >= 0.6 is 0 Å². The van der Waals surface area contributed by atoms with Crippen LogP contribution < -0.4 is 0 Å². The molecule has 0 spiro atoms. The Kier molecular flexibility index (Phi) is 3.52. The van der Waals surface area contributed by atoms with Gasteiger partial charge in [0, 0.05) is 12.5 Å². The molecule has 3 aromatic heterocycles. The Labute approximate surface area is 153 Å². The van der Waals surface area contributed by atoms with Crippen LogP contribution in [-0.4, -0.2) is 57.3 Å². The van der Waals surface area contributed by atoms with Gasteiger partial charge in [-0.15, -0.1) is 15.3 Å². The van der Waals surface area contributed by atoms with Crippen LogP contribution in [0.2, 0.25) is 0 Å². The molecule has 27 heavy (non-hydrogen) atoms. The lowest BCUT2D eigenvalue weighted by atomic mass is 9.91. The number of carbonyl (C=O) groups excluding carboxylic acids is 1. The predicted molar refractivity (Wildman–Crippen MR) is 92.9 cm³/mol. The summed E-state index contributed by atoms with van der Waals surface area (Å²) in [4.78, 5) is 26.6. The zero-order valence-electron chi connectivity index (χ0n) is 14.1. The predicted octanol–water partition coefficient (Wildman–Crippen LogP) is 0.896. The molecule has 1 unspecified atom stereocenters. The number of hydrogen-bond donors (Lipinski definition) is 2. The summed E-state index contributed by atoms with van der Waals surface area (Å²) >= 11 is 0. The number of aromatic amines is 2. The summed E-state index contributed by atoms with van der Waals surface area (Å²) in [5.41, 5.74) is 3.03. The molecule has 0 radical (unpaired) electrons. The summed E-state index contributed by atoms with van der Waals surface area (Å²) in [6, 6.07) is 10.1. The Balaban J connectivity index is 1.45. The number of aromatic nitrogens is 8. The summed E-state index contributed by atoms with van der Waals surface area (Å²) in [6.07, 6.45) is 4.62. The second-order valence-electron chi connectivity index (χ2n) is 6.27. The third-order valence-corrected chi connectivity index (χ3v) is 4.65. The normalized spacial score (nSPS) is 16.3. The smallest absolute Gasteiger partial charge is 0.291 e. The maximum atomic E-state index is 13.0. The van der Waals surface area contributed by atoms with E-state index in [2.05, 4.69) is 47.5 Å². The molecule has 1 amide bonds. The van der Waals surface area contributed by atoms with Gasteiger partial charge in [0.05, 0.1) is 24.3 Å². The van der Waals surface area contributed by atoms with E-state index in [1.165, 1.54) is 17.2 Å². The van der Waals surface area contributed by atoms with Crippen molar-refractivity contribution in [3.8, 4) is 5.95 Å². The van der Waals surface area contributed by atoms with E-state index in [4.69, 9.17) is 0 Å². The van der Waals surface area contributed by atoms with Gasteiger partial charge >= 0.3 is 0 Å². The van der Waals surface area contributed by atoms with Gasteiger partial charge in [-0.2, -0.15) is 4.98 Å². The highest BCUT2D eigenvalue weighted by molar-refractivity contribution is 5.90. The fourth-order valence-corrected chi connectivity index (χ4v) is 3.34. The standard InChI is InChI=1S/C17H15N9O/c27-16(15-22-17(24-23-15)26-9-20-21-10-26)25-6-12(11-4-2-1-3-5-11)14-13(7-25)18-8-19-14/h1-5,8-10,12H,6-7H2,(H,18,19)(H,22,23,24). The van der Waals surface area contributed by atoms with Crippen molar-refractivity contribution in [2.45, 2.75) is 12.5 Å². The zero-order valence-corrected chi connectivity index (χ0v) is 14.1. The number of nitrogens with zero attached hydrogens (tertiary/aromatic N) is 7. The molecule has 0 fully saturated rings. The van der Waals surface area contributed by atoms with Gasteiger partial charge in [-0.1, -0.05) is 30.3 Å². The Hall–Kier alpha value is -3.82. The van der Waals surface area contributed by atoms with Crippen molar-refractivity contribution in [2.24, 2.45) is 0 Å². The van der Waals surface area contributed by atoms with E-state index >= 15 is 0 Å². The molecule has 4 heterocycles. The lowest BCUT2D eigenvalue weighted by molar-refractivity contribution is 0.0710. The number of nitrogens with one attached hydrogen (secondary N) is 2. The van der Waals surface area contributed by atoms with Crippen molar-refractivity contribution in [2.75, 3.05) is 6.54 Å². The van der Waals surface area contributed by atoms with Crippen LogP contribution in [-0.2, 0) is 6.54 Å². The third kappa shape index (κ3) is 2.67. The van der Waals surface area contributed by atoms with Crippen molar-refractivity contribution in [1.82, 2.24) is 44.8 Å². The van der Waals surface area contributed by atoms with Crippen LogP contribution in [0.1, 0.15) is 33.5 Å². The summed E-state index contributed by atoms with van der Waals surface area (Å²) in [5.74, 6) is 0.282. The molecule has 4 aromatic rings. The zero-order chi connectivity index (χ0) is 18.2. The lowest BCUT2D eigenvalue weighted by Gasteiger charge is -2.31. The van der Waals surface area contributed by atoms with Crippen molar-refractivity contribution < 1.29 is 4.79 Å². The van der Waals surface area contributed by atoms with Gasteiger partial charge in [-0.3, -0.25) is 14.5 Å². The minimum atomic E-state index is -0.219. The van der Waals surface area contributed by atoms with Gasteiger partial charge in [0.1, 0.15) is 12.7 Å². The van der Waals surface area contributed by atoms with Crippen molar-refractivity contribution >= 4 is 5.91 Å². The maximum absolute atomic E-state index is 13.0. The summed E-state index contributed by atoms with van der Waals surface area (Å²) in [6.45, 7) is 0.962. The minimum absolute atomic E-state index is 0.00499. The molecule has 134 valence electrons. The van der Waals surface area contributed by atoms with Crippen molar-refractivity contribution in [1.29, 1.82) is 0 Å². The molecule has 1 aromatic carbocycles. The summed E-state index contributed by atoms with van der Waals surface area (Å²) in [5, 5.41) is 14.2. The quantitative estimate of drug-likeness (QED) is 0.559. The average molecular weight is 361 g/mol. The van der Waals surface area contributed by atoms with Crippen LogP contribution in [0.5, 0.6) is 0 Å². The molecule has 1 aliphatic rings. The highest BCUT2D eigenvalue weighted by atomic mass is 16.2. The summed E-state index contributed by atoms with van der Waals surface area (Å²) in [7, 11) is 0. The van der Waals surface area contributed by atoms with Gasteiger partial charge in [0.2, 0.25) is 5.82 Å². The SMILES string of the molecule is O=C(c1nc(-n2cnnc2)n[nH]1)N1Cc2[nH]cnc2C(c2ccccc2)C1. The highest BCUT2D eigenvalue weighted by Crippen LogP contribution is 2.31. The Morgan fingerprint density at radius 3 is 2.78 bits per heavy atom. The number of carbonyl (C=O) groups is 1.